The summed E-state index contributed by atoms with van der Waals surface area (Å²) in [4.78, 5) is 33.1. The van der Waals surface area contributed by atoms with Gasteiger partial charge in [0, 0.05) is 6.07 Å². The van der Waals surface area contributed by atoms with Crippen LogP contribution in [0.15, 0.2) is 66.7 Å². The summed E-state index contributed by atoms with van der Waals surface area (Å²) in [5.74, 6) is 0.734. The third-order valence-corrected chi connectivity index (χ3v) is 6.82. The van der Waals surface area contributed by atoms with Crippen molar-refractivity contribution in [3.8, 4) is 23.0 Å². The molecule has 0 saturated heterocycles. The number of carbonyl (C=O) groups is 1. The maximum Gasteiger partial charge on any atom is 0.339 e. The third-order valence-electron chi connectivity index (χ3n) is 6.82. The zero-order valence-electron chi connectivity index (χ0n) is 25.6. The molecule has 0 aromatic heterocycles. The largest absolute Gasteiger partial charge is 0.494 e. The summed E-state index contributed by atoms with van der Waals surface area (Å²) >= 11 is 0. The molecule has 0 unspecified atom stereocenters. The number of hydrogen-bond acceptors (Lipinski definition) is 7. The lowest BCUT2D eigenvalue weighted by Crippen LogP contribution is -2.06. The second-order valence-electron chi connectivity index (χ2n) is 10.5. The van der Waals surface area contributed by atoms with Gasteiger partial charge in [-0.1, -0.05) is 89.5 Å². The Kier molecular flexibility index (Phi) is 15.9. The molecule has 0 saturated carbocycles. The number of aromatic carboxylic acids is 1. The van der Waals surface area contributed by atoms with E-state index >= 15 is 0 Å². The van der Waals surface area contributed by atoms with Crippen LogP contribution in [-0.2, 0) is 23.0 Å². The lowest BCUT2D eigenvalue weighted by atomic mass is 10.2. The first-order valence-corrected chi connectivity index (χ1v) is 15.5. The molecule has 234 valence electrons. The van der Waals surface area contributed by atoms with Crippen LogP contribution in [-0.4, -0.2) is 24.3 Å². The van der Waals surface area contributed by atoms with Crippen molar-refractivity contribution in [2.24, 2.45) is 0 Å². The van der Waals surface area contributed by atoms with Gasteiger partial charge in [-0.2, -0.15) is 9.78 Å². The van der Waals surface area contributed by atoms with Crippen molar-refractivity contribution in [2.75, 3.05) is 13.2 Å². The van der Waals surface area contributed by atoms with E-state index in [-0.39, 0.29) is 30.3 Å². The molecule has 0 heterocycles. The van der Waals surface area contributed by atoms with Gasteiger partial charge in [0.2, 0.25) is 0 Å². The smallest absolute Gasteiger partial charge is 0.339 e. The maximum absolute atomic E-state index is 11.8. The van der Waals surface area contributed by atoms with Gasteiger partial charge in [0.1, 0.15) is 30.3 Å². The number of unbranched alkanes of at least 4 members (excludes halogenated alkanes) is 8. The Morgan fingerprint density at radius 3 is 1.53 bits per heavy atom. The first-order valence-electron chi connectivity index (χ1n) is 15.5. The Hall–Kier alpha value is -3.75. The highest BCUT2D eigenvalue weighted by Gasteiger charge is 2.15. The van der Waals surface area contributed by atoms with Crippen molar-refractivity contribution in [3.63, 3.8) is 0 Å². The molecule has 0 atom stereocenters. The minimum atomic E-state index is -1.18. The highest BCUT2D eigenvalue weighted by Crippen LogP contribution is 2.26. The van der Waals surface area contributed by atoms with Crippen molar-refractivity contribution >= 4 is 5.97 Å². The molecule has 0 aliphatic carbocycles. The number of ether oxygens (including phenoxy) is 2. The summed E-state index contributed by atoms with van der Waals surface area (Å²) in [5, 5.41) is 9.66. The van der Waals surface area contributed by atoms with E-state index in [1.165, 1.54) is 63.5 Å². The van der Waals surface area contributed by atoms with Crippen LogP contribution < -0.4 is 19.2 Å². The molecule has 0 aliphatic heterocycles. The van der Waals surface area contributed by atoms with E-state index in [9.17, 15) is 9.90 Å². The Bertz CT molecular complexity index is 1180. The van der Waals surface area contributed by atoms with Crippen molar-refractivity contribution in [1.82, 2.24) is 0 Å². The van der Waals surface area contributed by atoms with Crippen molar-refractivity contribution < 1.29 is 38.9 Å². The van der Waals surface area contributed by atoms with Crippen LogP contribution in [0.2, 0.25) is 0 Å². The van der Waals surface area contributed by atoms with E-state index in [1.807, 2.05) is 48.5 Å². The van der Waals surface area contributed by atoms with Gasteiger partial charge in [-0.05, 0) is 60.4 Å². The molecule has 3 rings (SSSR count). The molecule has 0 fully saturated rings. The number of carboxylic acid groups (broad SMARTS) is 1. The van der Waals surface area contributed by atoms with Gasteiger partial charge in [-0.15, -0.1) is 0 Å². The first kappa shape index (κ1) is 33.7. The van der Waals surface area contributed by atoms with E-state index in [0.717, 1.165) is 35.5 Å². The fraction of sp³-hybridized carbons (Fsp3) is 0.457. The van der Waals surface area contributed by atoms with Crippen molar-refractivity contribution in [1.29, 1.82) is 0 Å². The Morgan fingerprint density at radius 1 is 0.581 bits per heavy atom. The lowest BCUT2D eigenvalue weighted by Gasteiger charge is -2.11. The molecule has 8 nitrogen and oxygen atoms in total. The molecular weight excluding hydrogens is 548 g/mol. The number of hydrogen-bond donors (Lipinski definition) is 1. The molecule has 1 N–H and O–H groups in total. The number of carboxylic acids is 1. The molecule has 8 heteroatoms. The molecule has 0 aliphatic rings. The fourth-order valence-corrected chi connectivity index (χ4v) is 4.28. The van der Waals surface area contributed by atoms with Crippen LogP contribution in [0, 0.1) is 0 Å². The van der Waals surface area contributed by atoms with Gasteiger partial charge >= 0.3 is 5.97 Å². The third kappa shape index (κ3) is 13.4. The molecule has 0 spiro atoms. The minimum absolute atomic E-state index is 0.0591. The van der Waals surface area contributed by atoms with Gasteiger partial charge in [-0.3, -0.25) is 0 Å². The van der Waals surface area contributed by atoms with Crippen molar-refractivity contribution in [3.05, 3.63) is 83.4 Å². The highest BCUT2D eigenvalue weighted by atomic mass is 17.2. The summed E-state index contributed by atoms with van der Waals surface area (Å²) in [6, 6.07) is 19.5. The second kappa shape index (κ2) is 20.2. The zero-order chi connectivity index (χ0) is 30.5. The maximum atomic E-state index is 11.8. The van der Waals surface area contributed by atoms with E-state index in [0.29, 0.717) is 13.2 Å². The monoisotopic (exact) mass is 594 g/mol. The molecule has 0 amide bonds. The zero-order valence-corrected chi connectivity index (χ0v) is 25.6. The predicted octanol–water partition coefficient (Wildman–Crippen LogP) is 9.10. The summed E-state index contributed by atoms with van der Waals surface area (Å²) in [5.41, 5.74) is 1.65. The SMILES string of the molecule is CCCCCCCOc1ccc(COOc2ccc(OOCc3ccc(OCCCCCCC)cc3)c(C(=O)O)c2)cc1. The van der Waals surface area contributed by atoms with E-state index in [2.05, 4.69) is 13.8 Å². The fourth-order valence-electron chi connectivity index (χ4n) is 4.28. The first-order chi connectivity index (χ1) is 21.1. The van der Waals surface area contributed by atoms with Crippen LogP contribution in [0.1, 0.15) is 99.5 Å². The summed E-state index contributed by atoms with van der Waals surface area (Å²) in [6.45, 7) is 6.14. The van der Waals surface area contributed by atoms with E-state index in [4.69, 9.17) is 29.0 Å². The molecule has 43 heavy (non-hydrogen) atoms. The van der Waals surface area contributed by atoms with Crippen LogP contribution >= 0.6 is 0 Å². The standard InChI is InChI=1S/C35H46O8/c1-3-5-7-9-11-23-38-30-17-13-28(14-18-30)26-40-42-32-21-22-34(33(25-32)35(36)37)43-41-27-29-15-19-31(20-16-29)39-24-12-10-8-6-4-2/h13-22,25H,3-12,23-24,26-27H2,1-2H3,(H,36,37). The summed E-state index contributed by atoms with van der Waals surface area (Å²) in [6.07, 6.45) is 12.0. The predicted molar refractivity (Wildman–Crippen MR) is 166 cm³/mol. The van der Waals surface area contributed by atoms with Crippen LogP contribution in [0.3, 0.4) is 0 Å². The number of rotatable bonds is 23. The Labute approximate surface area is 255 Å². The Balaban J connectivity index is 1.38. The topological polar surface area (TPSA) is 92.7 Å². The van der Waals surface area contributed by atoms with Gasteiger partial charge in [-0.25, -0.2) is 4.79 Å². The second-order valence-corrected chi connectivity index (χ2v) is 10.5. The molecule has 3 aromatic rings. The summed E-state index contributed by atoms with van der Waals surface area (Å²) < 4.78 is 11.6. The van der Waals surface area contributed by atoms with Crippen LogP contribution in [0.25, 0.3) is 0 Å². The average molecular weight is 595 g/mol. The van der Waals surface area contributed by atoms with Crippen LogP contribution in [0.5, 0.6) is 23.0 Å². The quantitative estimate of drug-likeness (QED) is 0.0660. The molecule has 0 bridgehead atoms. The summed E-state index contributed by atoms with van der Waals surface area (Å²) in [7, 11) is 0. The van der Waals surface area contributed by atoms with Gasteiger partial charge < -0.3 is 24.4 Å². The molecular formula is C35H46O8. The van der Waals surface area contributed by atoms with Crippen molar-refractivity contribution in [2.45, 2.75) is 91.3 Å². The normalized spacial score (nSPS) is 10.8. The highest BCUT2D eigenvalue weighted by molar-refractivity contribution is 5.91. The molecule has 3 aromatic carbocycles. The minimum Gasteiger partial charge on any atom is -0.494 e. The van der Waals surface area contributed by atoms with Crippen LogP contribution in [0.4, 0.5) is 0 Å². The Morgan fingerprint density at radius 2 is 1.05 bits per heavy atom. The van der Waals surface area contributed by atoms with Gasteiger partial charge in [0.25, 0.3) is 0 Å². The lowest BCUT2D eigenvalue weighted by molar-refractivity contribution is -0.220. The number of benzene rings is 3. The molecule has 0 radical (unpaired) electrons. The van der Waals surface area contributed by atoms with Gasteiger partial charge in [0.05, 0.1) is 13.2 Å². The van der Waals surface area contributed by atoms with E-state index in [1.54, 1.807) is 6.07 Å². The van der Waals surface area contributed by atoms with Gasteiger partial charge in [0.15, 0.2) is 11.5 Å². The average Bonchev–Trinajstić information content (AvgIpc) is 3.02. The van der Waals surface area contributed by atoms with E-state index < -0.39 is 5.97 Å².